The van der Waals surface area contributed by atoms with E-state index in [2.05, 4.69) is 32.4 Å². The van der Waals surface area contributed by atoms with E-state index >= 15 is 0 Å². The van der Waals surface area contributed by atoms with Crippen molar-refractivity contribution in [2.75, 3.05) is 32.1 Å². The monoisotopic (exact) mass is 425 g/mol. The normalized spacial score (nSPS) is 18.5. The van der Waals surface area contributed by atoms with Gasteiger partial charge in [-0.1, -0.05) is 30.3 Å². The maximum atomic E-state index is 10.6. The molecule has 5 rings (SSSR count). The summed E-state index contributed by atoms with van der Waals surface area (Å²) in [5.74, 6) is 0.477. The molecule has 9 heteroatoms. The van der Waals surface area contributed by atoms with Gasteiger partial charge in [0.2, 0.25) is 5.95 Å². The van der Waals surface area contributed by atoms with Crippen LogP contribution in [-0.2, 0) is 9.53 Å². The maximum Gasteiger partial charge on any atom is 0.251 e. The number of aromatic nitrogens is 3. The minimum Gasteiger partial charge on any atom is -0.383 e. The van der Waals surface area contributed by atoms with Crippen LogP contribution in [0.5, 0.6) is 0 Å². The molecule has 2 fully saturated rings. The van der Waals surface area contributed by atoms with Crippen molar-refractivity contribution in [1.29, 1.82) is 0 Å². The summed E-state index contributed by atoms with van der Waals surface area (Å²) in [5, 5.41) is 15.1. The number of nitrogens with one attached hydrogen (secondary N) is 1. The lowest BCUT2D eigenvalue weighted by Gasteiger charge is -2.26. The summed E-state index contributed by atoms with van der Waals surface area (Å²) in [6, 6.07) is 12.4. The van der Waals surface area contributed by atoms with Crippen LogP contribution < -0.4 is 5.32 Å². The number of benzene rings is 1. The Balaban J connectivity index is 0.000000230. The fourth-order valence-electron chi connectivity index (χ4n) is 2.98. The highest BCUT2D eigenvalue weighted by molar-refractivity contribution is 7.13. The molecule has 0 radical (unpaired) electrons. The van der Waals surface area contributed by atoms with Crippen molar-refractivity contribution in [3.05, 3.63) is 48.0 Å². The number of hydrogen-bond donors (Lipinski definition) is 2. The molecule has 3 aromatic rings. The molecule has 0 saturated carbocycles. The zero-order valence-electron chi connectivity index (χ0n) is 16.6. The van der Waals surface area contributed by atoms with Gasteiger partial charge < -0.3 is 20.1 Å². The van der Waals surface area contributed by atoms with Crippen LogP contribution in [0.3, 0.4) is 0 Å². The summed E-state index contributed by atoms with van der Waals surface area (Å²) in [5.41, 5.74) is 2.83. The second kappa shape index (κ2) is 9.29. The van der Waals surface area contributed by atoms with Crippen LogP contribution in [-0.4, -0.2) is 69.8 Å². The van der Waals surface area contributed by atoms with Crippen molar-refractivity contribution in [3.8, 4) is 22.0 Å². The highest BCUT2D eigenvalue weighted by atomic mass is 32.1. The van der Waals surface area contributed by atoms with Crippen LogP contribution in [0, 0.1) is 0 Å². The summed E-state index contributed by atoms with van der Waals surface area (Å²) in [6.45, 7) is 2.12. The van der Waals surface area contributed by atoms with Gasteiger partial charge in [-0.25, -0.2) is 15.0 Å². The zero-order valence-corrected chi connectivity index (χ0v) is 17.4. The van der Waals surface area contributed by atoms with E-state index < -0.39 is 6.10 Å². The van der Waals surface area contributed by atoms with E-state index in [4.69, 9.17) is 9.84 Å². The molecule has 2 N–H and O–H groups in total. The quantitative estimate of drug-likeness (QED) is 0.661. The topological polar surface area (TPSA) is 100 Å². The second-order valence-electron chi connectivity index (χ2n) is 7.11. The van der Waals surface area contributed by atoms with Crippen LogP contribution >= 0.6 is 11.3 Å². The Morgan fingerprint density at radius 1 is 1.17 bits per heavy atom. The number of ether oxygens (including phenoxy) is 1. The molecule has 4 heterocycles. The molecule has 0 aliphatic carbocycles. The van der Waals surface area contributed by atoms with Crippen LogP contribution in [0.1, 0.15) is 6.42 Å². The zero-order chi connectivity index (χ0) is 20.9. The van der Waals surface area contributed by atoms with Gasteiger partial charge >= 0.3 is 0 Å². The SMILES string of the molecule is CN1CCC(O)C1=O.c1ccc(-c2nc(-c3ccnc(NC4COC4)n3)cs2)cc1. The highest BCUT2D eigenvalue weighted by Crippen LogP contribution is 2.28. The molecular formula is C21H23N5O3S. The van der Waals surface area contributed by atoms with Gasteiger partial charge in [-0.05, 0) is 12.5 Å². The second-order valence-corrected chi connectivity index (χ2v) is 7.97. The number of likely N-dealkylation sites (N-methyl/N-ethyl adjacent to an activating group) is 1. The Bertz CT molecular complexity index is 981. The molecule has 156 valence electrons. The van der Waals surface area contributed by atoms with Crippen molar-refractivity contribution in [1.82, 2.24) is 19.9 Å². The van der Waals surface area contributed by atoms with Crippen LogP contribution in [0.2, 0.25) is 0 Å². The Morgan fingerprint density at radius 3 is 2.57 bits per heavy atom. The lowest BCUT2D eigenvalue weighted by Crippen LogP contribution is -2.40. The summed E-state index contributed by atoms with van der Waals surface area (Å²) in [6.07, 6.45) is 1.63. The van der Waals surface area contributed by atoms with Crippen molar-refractivity contribution in [3.63, 3.8) is 0 Å². The van der Waals surface area contributed by atoms with Gasteiger partial charge in [0.25, 0.3) is 5.91 Å². The Morgan fingerprint density at radius 2 is 1.97 bits per heavy atom. The number of carbonyl (C=O) groups is 1. The number of aliphatic hydroxyl groups excluding tert-OH is 1. The third kappa shape index (κ3) is 4.81. The van der Waals surface area contributed by atoms with Crippen molar-refractivity contribution in [2.45, 2.75) is 18.6 Å². The Hall–Kier alpha value is -2.88. The lowest BCUT2D eigenvalue weighted by atomic mass is 10.2. The molecule has 0 bridgehead atoms. The molecule has 30 heavy (non-hydrogen) atoms. The average Bonchev–Trinajstić information content (AvgIpc) is 3.35. The average molecular weight is 426 g/mol. The fraction of sp³-hybridized carbons (Fsp3) is 0.333. The molecule has 1 aromatic carbocycles. The summed E-state index contributed by atoms with van der Waals surface area (Å²) in [4.78, 5) is 25.6. The first-order valence-electron chi connectivity index (χ1n) is 9.72. The summed E-state index contributed by atoms with van der Waals surface area (Å²) < 4.78 is 5.15. The minimum atomic E-state index is -0.722. The Kier molecular flexibility index (Phi) is 6.32. The summed E-state index contributed by atoms with van der Waals surface area (Å²) >= 11 is 1.62. The van der Waals surface area contributed by atoms with Crippen molar-refractivity contribution in [2.24, 2.45) is 0 Å². The van der Waals surface area contributed by atoms with E-state index in [-0.39, 0.29) is 5.91 Å². The molecule has 2 saturated heterocycles. The third-order valence-electron chi connectivity index (χ3n) is 4.81. The number of anilines is 1. The summed E-state index contributed by atoms with van der Waals surface area (Å²) in [7, 11) is 1.69. The number of nitrogens with zero attached hydrogens (tertiary/aromatic N) is 4. The lowest BCUT2D eigenvalue weighted by molar-refractivity contribution is -0.133. The molecule has 8 nitrogen and oxygen atoms in total. The number of thiazole rings is 1. The molecule has 2 aliphatic heterocycles. The Labute approximate surface area is 178 Å². The smallest absolute Gasteiger partial charge is 0.251 e. The van der Waals surface area contributed by atoms with Gasteiger partial charge in [-0.15, -0.1) is 11.3 Å². The number of rotatable bonds is 4. The molecule has 2 aromatic heterocycles. The number of aliphatic hydroxyl groups is 1. The largest absolute Gasteiger partial charge is 0.383 e. The van der Waals surface area contributed by atoms with Gasteiger partial charge in [0.05, 0.1) is 24.9 Å². The van der Waals surface area contributed by atoms with Gasteiger partial charge in [0.15, 0.2) is 0 Å². The van der Waals surface area contributed by atoms with E-state index in [1.807, 2.05) is 29.6 Å². The number of hydrogen-bond acceptors (Lipinski definition) is 8. The van der Waals surface area contributed by atoms with Gasteiger partial charge in [0, 0.05) is 30.7 Å². The van der Waals surface area contributed by atoms with E-state index in [9.17, 15) is 4.79 Å². The van der Waals surface area contributed by atoms with E-state index in [1.165, 1.54) is 4.90 Å². The molecular weight excluding hydrogens is 402 g/mol. The van der Waals surface area contributed by atoms with Crippen molar-refractivity contribution < 1.29 is 14.6 Å². The predicted molar refractivity (Wildman–Crippen MR) is 115 cm³/mol. The first kappa shape index (κ1) is 20.4. The minimum absolute atomic E-state index is 0.148. The molecule has 0 spiro atoms. The third-order valence-corrected chi connectivity index (χ3v) is 5.70. The predicted octanol–water partition coefficient (Wildman–Crippen LogP) is 2.29. The number of carbonyl (C=O) groups excluding carboxylic acids is 1. The molecule has 2 aliphatic rings. The van der Waals surface area contributed by atoms with Crippen molar-refractivity contribution >= 4 is 23.2 Å². The van der Waals surface area contributed by atoms with E-state index in [1.54, 1.807) is 24.6 Å². The maximum absolute atomic E-state index is 10.6. The van der Waals surface area contributed by atoms with Crippen LogP contribution in [0.4, 0.5) is 5.95 Å². The molecule has 1 unspecified atom stereocenters. The molecule has 1 atom stereocenters. The standard InChI is InChI=1S/C16H14N4OS.C5H9NO2/c1-2-4-11(5-3-1)15-19-14(10-22-15)13-6-7-17-16(20-13)18-12-8-21-9-12;1-6-3-2-4(7)5(6)8/h1-7,10,12H,8-9H2,(H,17,18,20);4,7H,2-3H2,1H3. The first-order chi connectivity index (χ1) is 14.6. The van der Waals surface area contributed by atoms with Gasteiger partial charge in [-0.3, -0.25) is 4.79 Å². The fourth-order valence-corrected chi connectivity index (χ4v) is 3.80. The van der Waals surface area contributed by atoms with Gasteiger partial charge in [0.1, 0.15) is 16.8 Å². The first-order valence-corrected chi connectivity index (χ1v) is 10.6. The van der Waals surface area contributed by atoms with Crippen LogP contribution in [0.15, 0.2) is 48.0 Å². The highest BCUT2D eigenvalue weighted by Gasteiger charge is 2.26. The molecule has 1 amide bonds. The van der Waals surface area contributed by atoms with Crippen LogP contribution in [0.25, 0.3) is 22.0 Å². The van der Waals surface area contributed by atoms with Gasteiger partial charge in [-0.2, -0.15) is 0 Å². The van der Waals surface area contributed by atoms with E-state index in [0.29, 0.717) is 38.2 Å². The van der Waals surface area contributed by atoms with E-state index in [0.717, 1.165) is 22.0 Å². The number of amides is 1. The number of likely N-dealkylation sites (tertiary alicyclic amines) is 1.